The van der Waals surface area contributed by atoms with Gasteiger partial charge in [-0.25, -0.2) is 0 Å². The van der Waals surface area contributed by atoms with Gasteiger partial charge in [0.25, 0.3) is 0 Å². The second-order valence-electron chi connectivity index (χ2n) is 5.25. The van der Waals surface area contributed by atoms with Gasteiger partial charge in [0, 0.05) is 24.3 Å². The van der Waals surface area contributed by atoms with E-state index in [0.29, 0.717) is 6.54 Å². The van der Waals surface area contributed by atoms with Crippen LogP contribution in [0.5, 0.6) is 0 Å². The van der Waals surface area contributed by atoms with Crippen molar-refractivity contribution >= 4 is 10.9 Å². The van der Waals surface area contributed by atoms with Gasteiger partial charge in [0.15, 0.2) is 0 Å². The molecular formula is C15H19F3N2O. The number of hydrogen-bond donors (Lipinski definition) is 1. The molecule has 0 bridgehead atoms. The zero-order chi connectivity index (χ0) is 15.5. The third-order valence-electron chi connectivity index (χ3n) is 3.14. The fraction of sp³-hybridized carbons (Fsp3) is 0.467. The van der Waals surface area contributed by atoms with Crippen molar-refractivity contribution in [2.24, 2.45) is 5.73 Å². The molecule has 0 spiro atoms. The van der Waals surface area contributed by atoms with Gasteiger partial charge in [-0.15, -0.1) is 0 Å². The summed E-state index contributed by atoms with van der Waals surface area (Å²) in [5.41, 5.74) is 7.92. The summed E-state index contributed by atoms with van der Waals surface area (Å²) in [6.45, 7) is 1.18. The van der Waals surface area contributed by atoms with Gasteiger partial charge in [-0.1, -0.05) is 6.07 Å². The molecule has 3 nitrogen and oxygen atoms in total. The Labute approximate surface area is 121 Å². The quantitative estimate of drug-likeness (QED) is 0.833. The van der Waals surface area contributed by atoms with Crippen molar-refractivity contribution in [1.29, 1.82) is 0 Å². The molecule has 21 heavy (non-hydrogen) atoms. The Balaban J connectivity index is 1.98. The minimum absolute atomic E-state index is 0.0326. The lowest BCUT2D eigenvalue weighted by molar-refractivity contribution is -0.174. The predicted molar refractivity (Wildman–Crippen MR) is 76.2 cm³/mol. The molecule has 0 aliphatic heterocycles. The van der Waals surface area contributed by atoms with E-state index in [9.17, 15) is 13.2 Å². The van der Waals surface area contributed by atoms with E-state index in [1.165, 1.54) is 0 Å². The van der Waals surface area contributed by atoms with Gasteiger partial charge >= 0.3 is 6.18 Å². The molecule has 0 radical (unpaired) electrons. The molecular weight excluding hydrogens is 281 g/mol. The molecule has 1 aromatic carbocycles. The summed E-state index contributed by atoms with van der Waals surface area (Å²) in [7, 11) is 0. The number of fused-ring (bicyclic) bond motifs is 1. The van der Waals surface area contributed by atoms with E-state index in [2.05, 4.69) is 10.8 Å². The first-order chi connectivity index (χ1) is 9.85. The second kappa shape index (κ2) is 6.49. The van der Waals surface area contributed by atoms with Gasteiger partial charge in [0.05, 0.1) is 6.61 Å². The third-order valence-corrected chi connectivity index (χ3v) is 3.14. The van der Waals surface area contributed by atoms with E-state index in [1.54, 1.807) is 0 Å². The van der Waals surface area contributed by atoms with Crippen LogP contribution >= 0.6 is 0 Å². The monoisotopic (exact) mass is 300 g/mol. The summed E-state index contributed by atoms with van der Waals surface area (Å²) in [5, 5.41) is 1.06. The molecule has 116 valence electrons. The molecule has 0 aliphatic carbocycles. The molecule has 2 aromatic rings. The van der Waals surface area contributed by atoms with Gasteiger partial charge < -0.3 is 15.0 Å². The van der Waals surface area contributed by atoms with Crippen LogP contribution < -0.4 is 5.73 Å². The average Bonchev–Trinajstić information content (AvgIpc) is 2.75. The maximum absolute atomic E-state index is 12.0. The molecule has 1 atom stereocenters. The number of ether oxygens (including phenoxy) is 1. The number of rotatable bonds is 6. The van der Waals surface area contributed by atoms with Crippen molar-refractivity contribution in [1.82, 2.24) is 4.57 Å². The van der Waals surface area contributed by atoms with Crippen LogP contribution in [0.4, 0.5) is 13.2 Å². The van der Waals surface area contributed by atoms with E-state index < -0.39 is 12.8 Å². The first kappa shape index (κ1) is 15.9. The number of nitrogens with zero attached hydrogens (tertiary/aromatic N) is 1. The van der Waals surface area contributed by atoms with Crippen LogP contribution in [0.15, 0.2) is 30.5 Å². The lowest BCUT2D eigenvalue weighted by atomic mass is 10.1. The first-order valence-electron chi connectivity index (χ1n) is 6.83. The topological polar surface area (TPSA) is 40.2 Å². The number of benzene rings is 1. The smallest absolute Gasteiger partial charge is 0.370 e. The predicted octanol–water partition coefficient (Wildman–Crippen LogP) is 3.11. The second-order valence-corrected chi connectivity index (χ2v) is 5.25. The Hall–Kier alpha value is -1.53. The fourth-order valence-electron chi connectivity index (χ4n) is 2.29. The van der Waals surface area contributed by atoms with Crippen LogP contribution in [-0.4, -0.2) is 30.0 Å². The minimum Gasteiger partial charge on any atom is -0.370 e. The normalized spacial score (nSPS) is 13.8. The molecule has 6 heteroatoms. The van der Waals surface area contributed by atoms with E-state index in [4.69, 9.17) is 5.73 Å². The summed E-state index contributed by atoms with van der Waals surface area (Å²) in [6, 6.07) is 8.07. The van der Waals surface area contributed by atoms with Gasteiger partial charge in [0.2, 0.25) is 0 Å². The van der Waals surface area contributed by atoms with Gasteiger partial charge in [-0.2, -0.15) is 13.2 Å². The molecule has 1 aromatic heterocycles. The lowest BCUT2D eigenvalue weighted by Crippen LogP contribution is -2.19. The maximum Gasteiger partial charge on any atom is 0.411 e. The van der Waals surface area contributed by atoms with E-state index in [1.807, 2.05) is 35.9 Å². The number of halogens is 3. The van der Waals surface area contributed by atoms with Crippen LogP contribution in [0.3, 0.4) is 0 Å². The van der Waals surface area contributed by atoms with Crippen LogP contribution in [0.25, 0.3) is 10.9 Å². The molecule has 1 heterocycles. The summed E-state index contributed by atoms with van der Waals surface area (Å²) in [5.74, 6) is 0. The van der Waals surface area contributed by atoms with E-state index in [0.717, 1.165) is 22.9 Å². The number of nitrogens with two attached hydrogens (primary N) is 1. The summed E-state index contributed by atoms with van der Waals surface area (Å²) in [6.07, 6.45) is -1.61. The highest BCUT2D eigenvalue weighted by Crippen LogP contribution is 2.19. The van der Waals surface area contributed by atoms with Crippen molar-refractivity contribution in [3.63, 3.8) is 0 Å². The highest BCUT2D eigenvalue weighted by atomic mass is 19.4. The van der Waals surface area contributed by atoms with Crippen LogP contribution in [-0.2, 0) is 17.7 Å². The molecule has 0 aliphatic rings. The van der Waals surface area contributed by atoms with Crippen LogP contribution in [0, 0.1) is 0 Å². The van der Waals surface area contributed by atoms with Crippen molar-refractivity contribution in [3.05, 3.63) is 36.0 Å². The number of hydrogen-bond acceptors (Lipinski definition) is 2. The van der Waals surface area contributed by atoms with Crippen molar-refractivity contribution in [2.75, 3.05) is 13.2 Å². The summed E-state index contributed by atoms with van der Waals surface area (Å²) in [4.78, 5) is 0. The van der Waals surface area contributed by atoms with Gasteiger partial charge in [-0.05, 0) is 42.5 Å². The van der Waals surface area contributed by atoms with Crippen LogP contribution in [0.1, 0.15) is 12.5 Å². The largest absolute Gasteiger partial charge is 0.411 e. The lowest BCUT2D eigenvalue weighted by Gasteiger charge is -2.10. The Morgan fingerprint density at radius 3 is 2.71 bits per heavy atom. The molecule has 2 N–H and O–H groups in total. The van der Waals surface area contributed by atoms with Gasteiger partial charge in [-0.3, -0.25) is 0 Å². The number of alkyl halides is 3. The molecule has 0 saturated carbocycles. The Kier molecular flexibility index (Phi) is 4.90. The molecule has 0 amide bonds. The first-order valence-corrected chi connectivity index (χ1v) is 6.83. The van der Waals surface area contributed by atoms with Crippen molar-refractivity contribution in [2.45, 2.75) is 32.1 Å². The average molecular weight is 300 g/mol. The van der Waals surface area contributed by atoms with E-state index in [-0.39, 0.29) is 12.6 Å². The zero-order valence-corrected chi connectivity index (χ0v) is 11.9. The molecule has 2 rings (SSSR count). The van der Waals surface area contributed by atoms with E-state index >= 15 is 0 Å². The standard InChI is InChI=1S/C15H19F3N2O/c1-11(19)8-12-2-3-14-13(9-12)4-5-20(14)6-7-21-10-15(16,17)18/h2-5,9,11H,6-8,10,19H2,1H3. The SMILES string of the molecule is CC(N)Cc1ccc2c(ccn2CCOCC(F)(F)F)c1. The maximum atomic E-state index is 12.0. The van der Waals surface area contributed by atoms with Crippen molar-refractivity contribution in [3.8, 4) is 0 Å². The fourth-order valence-corrected chi connectivity index (χ4v) is 2.29. The van der Waals surface area contributed by atoms with Crippen LogP contribution in [0.2, 0.25) is 0 Å². The molecule has 0 fully saturated rings. The number of aromatic nitrogens is 1. The Bertz CT molecular complexity index is 590. The molecule has 0 saturated heterocycles. The minimum atomic E-state index is -4.27. The molecule has 1 unspecified atom stereocenters. The van der Waals surface area contributed by atoms with Gasteiger partial charge in [0.1, 0.15) is 6.61 Å². The highest BCUT2D eigenvalue weighted by molar-refractivity contribution is 5.80. The summed E-state index contributed by atoms with van der Waals surface area (Å²) < 4.78 is 42.5. The zero-order valence-electron chi connectivity index (χ0n) is 11.9. The Morgan fingerprint density at radius 1 is 1.29 bits per heavy atom. The Morgan fingerprint density at radius 2 is 2.05 bits per heavy atom. The van der Waals surface area contributed by atoms with Crippen molar-refractivity contribution < 1.29 is 17.9 Å². The third kappa shape index (κ3) is 4.75. The summed E-state index contributed by atoms with van der Waals surface area (Å²) >= 11 is 0. The highest BCUT2D eigenvalue weighted by Gasteiger charge is 2.27.